The van der Waals surface area contributed by atoms with Crippen molar-refractivity contribution in [2.75, 3.05) is 0 Å². The average Bonchev–Trinajstić information content (AvgIpc) is 2.75. The number of ether oxygens (including phenoxy) is 2. The van der Waals surface area contributed by atoms with Crippen molar-refractivity contribution in [2.45, 2.75) is 120 Å². The summed E-state index contributed by atoms with van der Waals surface area (Å²) in [5.74, 6) is 0.565. The molecular weight excluding hydrogens is 396 g/mol. The first-order valence-electron chi connectivity index (χ1n) is 9.93. The van der Waals surface area contributed by atoms with Gasteiger partial charge in [-0.3, -0.25) is 0 Å². The molecule has 3 nitrogen and oxygen atoms in total. The van der Waals surface area contributed by atoms with Crippen molar-refractivity contribution in [3.8, 4) is 0 Å². The summed E-state index contributed by atoms with van der Waals surface area (Å²) < 4.78 is 20.1. The molecule has 4 rings (SSSR count). The Labute approximate surface area is 163 Å². The highest BCUT2D eigenvalue weighted by Crippen LogP contribution is 2.51. The molecule has 146 valence electrons. The van der Waals surface area contributed by atoms with Crippen molar-refractivity contribution >= 4 is 24.2 Å². The van der Waals surface area contributed by atoms with Crippen LogP contribution in [0.2, 0.25) is 18.1 Å². The minimum absolute atomic E-state index is 0.000251. The summed E-state index contributed by atoms with van der Waals surface area (Å²) in [7, 11) is -1.81. The van der Waals surface area contributed by atoms with E-state index in [1.807, 2.05) is 0 Å². The second-order valence-electron chi connectivity index (χ2n) is 10.8. The van der Waals surface area contributed by atoms with Gasteiger partial charge in [-0.05, 0) is 64.1 Å². The van der Waals surface area contributed by atoms with Crippen molar-refractivity contribution in [3.63, 3.8) is 0 Å². The molecule has 25 heavy (non-hydrogen) atoms. The molecule has 1 saturated carbocycles. The molecule has 0 spiro atoms. The predicted molar refractivity (Wildman–Crippen MR) is 109 cm³/mol. The van der Waals surface area contributed by atoms with E-state index in [1.165, 1.54) is 6.42 Å². The molecule has 0 radical (unpaired) electrons. The van der Waals surface area contributed by atoms with Gasteiger partial charge in [0, 0.05) is 10.7 Å². The van der Waals surface area contributed by atoms with Crippen molar-refractivity contribution in [3.05, 3.63) is 0 Å². The van der Waals surface area contributed by atoms with Crippen LogP contribution in [0.1, 0.15) is 67.2 Å². The van der Waals surface area contributed by atoms with E-state index in [9.17, 15) is 0 Å². The maximum atomic E-state index is 6.87. The van der Waals surface area contributed by atoms with Crippen LogP contribution < -0.4 is 0 Å². The highest BCUT2D eigenvalue weighted by atomic mass is 79.9. The maximum absolute atomic E-state index is 6.87. The number of alkyl halides is 1. The highest BCUT2D eigenvalue weighted by Gasteiger charge is 2.57. The second-order valence-corrected chi connectivity index (χ2v) is 17.6. The van der Waals surface area contributed by atoms with Gasteiger partial charge in [-0.25, -0.2) is 0 Å². The summed E-state index contributed by atoms with van der Waals surface area (Å²) in [4.78, 5) is 0. The van der Waals surface area contributed by atoms with Gasteiger partial charge in [0.2, 0.25) is 0 Å². The van der Waals surface area contributed by atoms with Crippen LogP contribution in [0.4, 0.5) is 0 Å². The van der Waals surface area contributed by atoms with E-state index in [-0.39, 0.29) is 39.4 Å². The van der Waals surface area contributed by atoms with Crippen molar-refractivity contribution in [2.24, 2.45) is 5.92 Å². The molecular formula is C20H37BrO3Si. The van der Waals surface area contributed by atoms with E-state index in [4.69, 9.17) is 13.9 Å². The van der Waals surface area contributed by atoms with Crippen LogP contribution in [0.25, 0.3) is 0 Å². The van der Waals surface area contributed by atoms with Gasteiger partial charge < -0.3 is 13.9 Å². The molecule has 2 bridgehead atoms. The van der Waals surface area contributed by atoms with Crippen LogP contribution >= 0.6 is 15.9 Å². The summed E-state index contributed by atoms with van der Waals surface area (Å²) in [6.45, 7) is 18.4. The minimum Gasteiger partial charge on any atom is -0.411 e. The van der Waals surface area contributed by atoms with Crippen LogP contribution in [0.15, 0.2) is 0 Å². The fraction of sp³-hybridized carbons (Fsp3) is 1.00. The fourth-order valence-electron chi connectivity index (χ4n) is 4.41. The third-order valence-electron chi connectivity index (χ3n) is 7.24. The normalized spacial score (nSPS) is 42.4. The summed E-state index contributed by atoms with van der Waals surface area (Å²) in [6.07, 6.45) is 5.24. The zero-order chi connectivity index (χ0) is 18.8. The molecule has 0 aromatic heterocycles. The number of hydrogen-bond acceptors (Lipinski definition) is 3. The van der Waals surface area contributed by atoms with Crippen LogP contribution in [-0.2, 0) is 13.9 Å². The van der Waals surface area contributed by atoms with E-state index in [0.29, 0.717) is 5.92 Å². The summed E-state index contributed by atoms with van der Waals surface area (Å²) in [6, 6.07) is 0. The molecule has 1 aliphatic carbocycles. The Bertz CT molecular complexity index is 510. The molecule has 3 heterocycles. The van der Waals surface area contributed by atoms with E-state index in [2.05, 4.69) is 70.6 Å². The first kappa shape index (κ1) is 20.3. The van der Waals surface area contributed by atoms with Gasteiger partial charge in [-0.1, -0.05) is 36.7 Å². The average molecular weight is 434 g/mol. The Morgan fingerprint density at radius 3 is 2.32 bits per heavy atom. The van der Waals surface area contributed by atoms with Gasteiger partial charge >= 0.3 is 0 Å². The first-order valence-corrected chi connectivity index (χ1v) is 13.6. The molecule has 0 aromatic carbocycles. The fourth-order valence-corrected chi connectivity index (χ4v) is 6.11. The maximum Gasteiger partial charge on any atom is 0.192 e. The Hall–Kier alpha value is 0.577. The van der Waals surface area contributed by atoms with Crippen molar-refractivity contribution in [1.29, 1.82) is 0 Å². The zero-order valence-electron chi connectivity index (χ0n) is 17.3. The molecule has 0 aromatic rings. The van der Waals surface area contributed by atoms with E-state index in [0.717, 1.165) is 19.3 Å². The topological polar surface area (TPSA) is 27.7 Å². The van der Waals surface area contributed by atoms with Gasteiger partial charge in [0.15, 0.2) is 8.32 Å². The number of rotatable bonds is 3. The molecule has 3 aliphatic heterocycles. The van der Waals surface area contributed by atoms with Crippen molar-refractivity contribution in [1.82, 2.24) is 0 Å². The van der Waals surface area contributed by atoms with E-state index in [1.54, 1.807) is 0 Å². The molecule has 4 aliphatic rings. The quantitative estimate of drug-likeness (QED) is 0.424. The molecule has 0 N–H and O–H groups in total. The van der Waals surface area contributed by atoms with Crippen LogP contribution in [0.5, 0.6) is 0 Å². The number of halogens is 1. The third-order valence-corrected chi connectivity index (χ3v) is 12.2. The van der Waals surface area contributed by atoms with Gasteiger partial charge in [-0.2, -0.15) is 0 Å². The zero-order valence-corrected chi connectivity index (χ0v) is 19.9. The Morgan fingerprint density at radius 1 is 1.12 bits per heavy atom. The largest absolute Gasteiger partial charge is 0.411 e. The van der Waals surface area contributed by atoms with E-state index < -0.39 is 8.32 Å². The predicted octanol–water partition coefficient (Wildman–Crippen LogP) is 5.67. The molecule has 6 unspecified atom stereocenters. The molecule has 6 atom stereocenters. The Kier molecular flexibility index (Phi) is 5.12. The van der Waals surface area contributed by atoms with Crippen LogP contribution in [0.3, 0.4) is 0 Å². The van der Waals surface area contributed by atoms with Gasteiger partial charge in [0.25, 0.3) is 0 Å². The second kappa shape index (κ2) is 6.30. The first-order chi connectivity index (χ1) is 11.2. The van der Waals surface area contributed by atoms with Crippen LogP contribution in [0, 0.1) is 5.92 Å². The lowest BCUT2D eigenvalue weighted by atomic mass is 9.77. The lowest BCUT2D eigenvalue weighted by molar-refractivity contribution is -0.139. The Balaban J connectivity index is 1.79. The molecule has 0 amide bonds. The smallest absolute Gasteiger partial charge is 0.192 e. The lowest BCUT2D eigenvalue weighted by Crippen LogP contribution is -2.54. The lowest BCUT2D eigenvalue weighted by Gasteiger charge is -2.47. The summed E-state index contributed by atoms with van der Waals surface area (Å²) in [5, 5.41) is 0.229. The number of fused-ring (bicyclic) bond motifs is 2. The third kappa shape index (κ3) is 3.78. The van der Waals surface area contributed by atoms with Gasteiger partial charge in [0.1, 0.15) is 0 Å². The molecule has 5 heteroatoms. The Morgan fingerprint density at radius 2 is 1.76 bits per heavy atom. The van der Waals surface area contributed by atoms with Gasteiger partial charge in [-0.15, -0.1) is 0 Å². The molecule has 3 saturated heterocycles. The summed E-state index contributed by atoms with van der Waals surface area (Å²) >= 11 is 3.80. The van der Waals surface area contributed by atoms with E-state index >= 15 is 0 Å². The SMILES string of the molecule is CC(C)(Br)C1CC2OC3(C)CCC(CC3O[Si](C)(C)C(C)(C)C)C2O1. The van der Waals surface area contributed by atoms with Crippen LogP contribution in [-0.4, -0.2) is 42.7 Å². The standard InChI is InChI=1S/C20H37BrO3Si/c1-18(2,3)25(7,8)24-16-11-13-9-10-20(16,6)23-14-12-15(19(4,5)21)22-17(13)14/h13-17H,9-12H2,1-8H3. The highest BCUT2D eigenvalue weighted by molar-refractivity contribution is 9.10. The van der Waals surface area contributed by atoms with Crippen molar-refractivity contribution < 1.29 is 13.9 Å². The minimum atomic E-state index is -1.81. The summed E-state index contributed by atoms with van der Waals surface area (Å²) in [5.41, 5.74) is -0.167. The number of hydrogen-bond donors (Lipinski definition) is 0. The van der Waals surface area contributed by atoms with Gasteiger partial charge in [0.05, 0.1) is 30.0 Å². The monoisotopic (exact) mass is 432 g/mol. The molecule has 4 fully saturated rings.